The Hall–Kier alpha value is -2.59. The molecule has 4 nitrogen and oxygen atoms in total. The standard InChI is InChI=1S/C18H17NO3/c20-18(21-14-15-7-3-1-4-8-15)19-13-17(11-12-22-19)16-9-5-2-6-10-16/h1-11H,12-14H2. The van der Waals surface area contributed by atoms with E-state index in [2.05, 4.69) is 0 Å². The lowest BCUT2D eigenvalue weighted by Gasteiger charge is -2.26. The van der Waals surface area contributed by atoms with Gasteiger partial charge in [0.05, 0.1) is 13.2 Å². The van der Waals surface area contributed by atoms with Crippen molar-refractivity contribution in [2.45, 2.75) is 6.61 Å². The summed E-state index contributed by atoms with van der Waals surface area (Å²) in [7, 11) is 0. The molecule has 0 aromatic heterocycles. The number of amides is 1. The number of hydrogen-bond donors (Lipinski definition) is 0. The summed E-state index contributed by atoms with van der Waals surface area (Å²) in [6, 6.07) is 19.5. The van der Waals surface area contributed by atoms with Crippen LogP contribution in [0.5, 0.6) is 0 Å². The molecule has 1 aliphatic rings. The van der Waals surface area contributed by atoms with Crippen LogP contribution >= 0.6 is 0 Å². The van der Waals surface area contributed by atoms with Gasteiger partial charge in [-0.3, -0.25) is 4.84 Å². The predicted octanol–water partition coefficient (Wildman–Crippen LogP) is 3.65. The number of carbonyl (C=O) groups excluding carboxylic acids is 1. The first-order valence-corrected chi connectivity index (χ1v) is 7.18. The zero-order valence-corrected chi connectivity index (χ0v) is 12.1. The number of hydrogen-bond acceptors (Lipinski definition) is 3. The third kappa shape index (κ3) is 3.54. The summed E-state index contributed by atoms with van der Waals surface area (Å²) >= 11 is 0. The lowest BCUT2D eigenvalue weighted by Crippen LogP contribution is -2.35. The fourth-order valence-corrected chi connectivity index (χ4v) is 2.26. The summed E-state index contributed by atoms with van der Waals surface area (Å²) in [4.78, 5) is 17.5. The highest BCUT2D eigenvalue weighted by Crippen LogP contribution is 2.20. The molecule has 22 heavy (non-hydrogen) atoms. The van der Waals surface area contributed by atoms with E-state index in [-0.39, 0.29) is 6.61 Å². The number of rotatable bonds is 3. The van der Waals surface area contributed by atoms with E-state index in [1.54, 1.807) is 0 Å². The number of carbonyl (C=O) groups is 1. The summed E-state index contributed by atoms with van der Waals surface area (Å²) in [5, 5.41) is 1.27. The van der Waals surface area contributed by atoms with Crippen molar-refractivity contribution in [3.8, 4) is 0 Å². The Kier molecular flexibility index (Phi) is 4.51. The first-order valence-electron chi connectivity index (χ1n) is 7.18. The average molecular weight is 295 g/mol. The molecular weight excluding hydrogens is 278 g/mol. The van der Waals surface area contributed by atoms with Gasteiger partial charge in [-0.15, -0.1) is 0 Å². The molecule has 3 rings (SSSR count). The normalized spacial score (nSPS) is 14.4. The molecule has 2 aromatic rings. The second-order valence-electron chi connectivity index (χ2n) is 4.97. The van der Waals surface area contributed by atoms with Gasteiger partial charge in [-0.25, -0.2) is 4.79 Å². The highest BCUT2D eigenvalue weighted by atomic mass is 16.7. The number of hydroxylamine groups is 2. The van der Waals surface area contributed by atoms with Crippen LogP contribution in [0, 0.1) is 0 Å². The van der Waals surface area contributed by atoms with E-state index in [0.29, 0.717) is 13.2 Å². The molecule has 0 unspecified atom stereocenters. The maximum Gasteiger partial charge on any atom is 0.434 e. The molecule has 0 saturated carbocycles. The van der Waals surface area contributed by atoms with Crippen molar-refractivity contribution in [3.05, 3.63) is 77.9 Å². The van der Waals surface area contributed by atoms with E-state index in [0.717, 1.165) is 16.7 Å². The molecule has 0 fully saturated rings. The maximum atomic E-state index is 12.1. The van der Waals surface area contributed by atoms with Crippen LogP contribution in [0.2, 0.25) is 0 Å². The van der Waals surface area contributed by atoms with E-state index in [9.17, 15) is 4.79 Å². The molecule has 0 atom stereocenters. The lowest BCUT2D eigenvalue weighted by molar-refractivity contribution is -0.123. The van der Waals surface area contributed by atoms with Gasteiger partial charge in [0.2, 0.25) is 0 Å². The van der Waals surface area contributed by atoms with Gasteiger partial charge in [0, 0.05) is 0 Å². The Morgan fingerprint density at radius 1 is 1.05 bits per heavy atom. The Morgan fingerprint density at radius 3 is 2.45 bits per heavy atom. The van der Waals surface area contributed by atoms with Crippen LogP contribution in [0.3, 0.4) is 0 Å². The van der Waals surface area contributed by atoms with Gasteiger partial charge in [-0.2, -0.15) is 5.06 Å². The van der Waals surface area contributed by atoms with E-state index < -0.39 is 6.09 Å². The Bertz CT molecular complexity index is 653. The summed E-state index contributed by atoms with van der Waals surface area (Å²) < 4.78 is 5.29. The van der Waals surface area contributed by atoms with Gasteiger partial charge in [-0.1, -0.05) is 66.7 Å². The Labute approximate surface area is 129 Å². The molecule has 0 spiro atoms. The van der Waals surface area contributed by atoms with Crippen LogP contribution in [0.4, 0.5) is 4.79 Å². The van der Waals surface area contributed by atoms with Crippen molar-refractivity contribution < 1.29 is 14.4 Å². The molecule has 1 heterocycles. The van der Waals surface area contributed by atoms with Gasteiger partial charge < -0.3 is 4.74 Å². The highest BCUT2D eigenvalue weighted by Gasteiger charge is 2.21. The van der Waals surface area contributed by atoms with Crippen LogP contribution < -0.4 is 0 Å². The van der Waals surface area contributed by atoms with Crippen LogP contribution in [-0.2, 0) is 16.2 Å². The minimum absolute atomic E-state index is 0.240. The quantitative estimate of drug-likeness (QED) is 0.867. The summed E-state index contributed by atoms with van der Waals surface area (Å²) in [5.41, 5.74) is 3.10. The molecule has 0 aliphatic carbocycles. The smallest absolute Gasteiger partial charge is 0.434 e. The van der Waals surface area contributed by atoms with E-state index in [4.69, 9.17) is 9.57 Å². The van der Waals surface area contributed by atoms with Crippen LogP contribution in [0.25, 0.3) is 5.57 Å². The first kappa shape index (κ1) is 14.4. The van der Waals surface area contributed by atoms with E-state index >= 15 is 0 Å². The summed E-state index contributed by atoms with van der Waals surface area (Å²) in [6.45, 7) is 0.992. The zero-order valence-electron chi connectivity index (χ0n) is 12.1. The molecule has 0 radical (unpaired) electrons. The van der Waals surface area contributed by atoms with Gasteiger partial charge in [0.25, 0.3) is 0 Å². The van der Waals surface area contributed by atoms with Gasteiger partial charge in [0.1, 0.15) is 6.61 Å². The third-order valence-electron chi connectivity index (χ3n) is 3.43. The molecule has 0 N–H and O–H groups in total. The number of nitrogens with zero attached hydrogens (tertiary/aromatic N) is 1. The molecular formula is C18H17NO3. The number of ether oxygens (including phenoxy) is 1. The molecule has 0 saturated heterocycles. The van der Waals surface area contributed by atoms with Crippen LogP contribution in [0.15, 0.2) is 66.7 Å². The maximum absolute atomic E-state index is 12.1. The third-order valence-corrected chi connectivity index (χ3v) is 3.43. The first-order chi connectivity index (χ1) is 10.8. The molecule has 1 aliphatic heterocycles. The second-order valence-corrected chi connectivity index (χ2v) is 4.97. The van der Waals surface area contributed by atoms with Crippen molar-refractivity contribution in [1.29, 1.82) is 0 Å². The minimum atomic E-state index is -0.467. The fourth-order valence-electron chi connectivity index (χ4n) is 2.26. The Morgan fingerprint density at radius 2 is 1.73 bits per heavy atom. The molecule has 1 amide bonds. The predicted molar refractivity (Wildman–Crippen MR) is 83.7 cm³/mol. The van der Waals surface area contributed by atoms with E-state index in [1.165, 1.54) is 5.06 Å². The largest absolute Gasteiger partial charge is 0.443 e. The fraction of sp³-hybridized carbons (Fsp3) is 0.167. The SMILES string of the molecule is O=C(OCc1ccccc1)N1CC(c2ccccc2)=CCO1. The number of benzene rings is 2. The van der Waals surface area contributed by atoms with Crippen molar-refractivity contribution in [1.82, 2.24) is 5.06 Å². The monoisotopic (exact) mass is 295 g/mol. The van der Waals surface area contributed by atoms with Gasteiger partial charge in [-0.05, 0) is 16.7 Å². The Balaban J connectivity index is 1.59. The van der Waals surface area contributed by atoms with Gasteiger partial charge in [0.15, 0.2) is 0 Å². The minimum Gasteiger partial charge on any atom is -0.443 e. The van der Waals surface area contributed by atoms with Crippen molar-refractivity contribution in [3.63, 3.8) is 0 Å². The average Bonchev–Trinajstić information content (AvgIpc) is 2.61. The lowest BCUT2D eigenvalue weighted by atomic mass is 10.1. The van der Waals surface area contributed by atoms with Crippen molar-refractivity contribution >= 4 is 11.7 Å². The molecule has 2 aromatic carbocycles. The molecule has 0 bridgehead atoms. The molecule has 112 valence electrons. The summed E-state index contributed by atoms with van der Waals surface area (Å²) in [5.74, 6) is 0. The zero-order chi connectivity index (χ0) is 15.2. The topological polar surface area (TPSA) is 38.8 Å². The van der Waals surface area contributed by atoms with Crippen LogP contribution in [0.1, 0.15) is 11.1 Å². The van der Waals surface area contributed by atoms with Gasteiger partial charge >= 0.3 is 6.09 Å². The van der Waals surface area contributed by atoms with E-state index in [1.807, 2.05) is 66.7 Å². The highest BCUT2D eigenvalue weighted by molar-refractivity contribution is 5.73. The molecule has 4 heteroatoms. The second kappa shape index (κ2) is 6.91. The van der Waals surface area contributed by atoms with Crippen molar-refractivity contribution in [2.75, 3.05) is 13.2 Å². The van der Waals surface area contributed by atoms with Crippen molar-refractivity contribution in [2.24, 2.45) is 0 Å². The van der Waals surface area contributed by atoms with Crippen LogP contribution in [-0.4, -0.2) is 24.3 Å². The summed E-state index contributed by atoms with van der Waals surface area (Å²) in [6.07, 6.45) is 1.52.